The molecular weight excluding hydrogens is 396 g/mol. The standard InChI is InChI=1S/C24H26N2O5/c1-15(27)16-7-10-21(11-8-16)31-14-20(28)13-26-22(29)24(2,25-23(26)30)19-9-6-17-4-3-5-18(17)12-19/h6-12,20,28H,3-5,13-14H2,1-2H3,(H,25,30). The maximum atomic E-state index is 13.1. The Bertz CT molecular complexity index is 1030. The van der Waals surface area contributed by atoms with E-state index in [0.717, 1.165) is 29.7 Å². The molecule has 0 saturated carbocycles. The van der Waals surface area contributed by atoms with Gasteiger partial charge in [0.1, 0.15) is 24.0 Å². The van der Waals surface area contributed by atoms with Gasteiger partial charge in [-0.15, -0.1) is 0 Å². The first-order chi connectivity index (χ1) is 14.8. The summed E-state index contributed by atoms with van der Waals surface area (Å²) in [6.07, 6.45) is 2.08. The average molecular weight is 422 g/mol. The Labute approximate surface area is 181 Å². The number of ether oxygens (including phenoxy) is 1. The number of urea groups is 1. The van der Waals surface area contributed by atoms with Gasteiger partial charge in [0.2, 0.25) is 0 Å². The van der Waals surface area contributed by atoms with Gasteiger partial charge in [-0.25, -0.2) is 4.79 Å². The molecule has 2 aromatic rings. The number of hydrogen-bond donors (Lipinski definition) is 2. The Morgan fingerprint density at radius 2 is 1.87 bits per heavy atom. The molecule has 31 heavy (non-hydrogen) atoms. The van der Waals surface area contributed by atoms with Gasteiger partial charge in [-0.1, -0.05) is 18.2 Å². The van der Waals surface area contributed by atoms with Gasteiger partial charge in [0.15, 0.2) is 5.78 Å². The second-order valence-corrected chi connectivity index (χ2v) is 8.35. The summed E-state index contributed by atoms with van der Waals surface area (Å²) in [6.45, 7) is 2.92. The van der Waals surface area contributed by atoms with Crippen molar-refractivity contribution in [2.75, 3.05) is 13.2 Å². The van der Waals surface area contributed by atoms with Crippen LogP contribution in [0.25, 0.3) is 0 Å². The fraction of sp³-hybridized carbons (Fsp3) is 0.375. The van der Waals surface area contributed by atoms with Gasteiger partial charge < -0.3 is 15.2 Å². The molecule has 2 aliphatic rings. The Morgan fingerprint density at radius 1 is 1.16 bits per heavy atom. The summed E-state index contributed by atoms with van der Waals surface area (Å²) < 4.78 is 5.54. The quantitative estimate of drug-likeness (QED) is 0.528. The molecule has 0 radical (unpaired) electrons. The molecule has 2 aromatic carbocycles. The summed E-state index contributed by atoms with van der Waals surface area (Å²) in [7, 11) is 0. The summed E-state index contributed by atoms with van der Waals surface area (Å²) in [5.74, 6) is 0.0566. The number of amides is 3. The van der Waals surface area contributed by atoms with Gasteiger partial charge in [-0.2, -0.15) is 0 Å². The SMILES string of the molecule is CC(=O)c1ccc(OCC(O)CN2C(=O)NC(C)(c3ccc4c(c3)CCC4)C2=O)cc1. The molecule has 0 aromatic heterocycles. The zero-order valence-corrected chi connectivity index (χ0v) is 17.7. The van der Waals surface area contributed by atoms with Crippen molar-refractivity contribution in [3.8, 4) is 5.75 Å². The number of hydrogen-bond acceptors (Lipinski definition) is 5. The Morgan fingerprint density at radius 3 is 2.58 bits per heavy atom. The predicted molar refractivity (Wildman–Crippen MR) is 114 cm³/mol. The third kappa shape index (κ3) is 4.05. The molecule has 1 fully saturated rings. The number of carbonyl (C=O) groups is 3. The highest BCUT2D eigenvalue weighted by molar-refractivity contribution is 6.07. The fourth-order valence-electron chi connectivity index (χ4n) is 4.18. The lowest BCUT2D eigenvalue weighted by Gasteiger charge is -2.24. The molecule has 1 saturated heterocycles. The van der Waals surface area contributed by atoms with Crippen molar-refractivity contribution in [2.45, 2.75) is 44.8 Å². The van der Waals surface area contributed by atoms with E-state index in [0.29, 0.717) is 11.3 Å². The maximum Gasteiger partial charge on any atom is 0.325 e. The Kier molecular flexibility index (Phi) is 5.54. The normalized spacial score (nSPS) is 21.1. The number of aliphatic hydroxyl groups is 1. The van der Waals surface area contributed by atoms with Gasteiger partial charge >= 0.3 is 6.03 Å². The van der Waals surface area contributed by atoms with E-state index in [1.54, 1.807) is 31.2 Å². The average Bonchev–Trinajstić information content (AvgIpc) is 3.31. The molecule has 2 unspecified atom stereocenters. The van der Waals surface area contributed by atoms with Crippen molar-refractivity contribution in [3.63, 3.8) is 0 Å². The summed E-state index contributed by atoms with van der Waals surface area (Å²) >= 11 is 0. The van der Waals surface area contributed by atoms with Crippen LogP contribution in [0.5, 0.6) is 5.75 Å². The molecule has 1 heterocycles. The summed E-state index contributed by atoms with van der Waals surface area (Å²) in [4.78, 5) is 38.0. The largest absolute Gasteiger partial charge is 0.491 e. The molecule has 7 heteroatoms. The zero-order valence-electron chi connectivity index (χ0n) is 17.7. The number of carbonyl (C=O) groups excluding carboxylic acids is 3. The van der Waals surface area contributed by atoms with Crippen LogP contribution in [0.3, 0.4) is 0 Å². The number of aliphatic hydroxyl groups excluding tert-OH is 1. The molecular formula is C24H26N2O5. The van der Waals surface area contributed by atoms with Crippen LogP contribution in [0.2, 0.25) is 0 Å². The summed E-state index contributed by atoms with van der Waals surface area (Å²) in [5.41, 5.74) is 2.69. The Hall–Kier alpha value is -3.19. The van der Waals surface area contributed by atoms with E-state index in [-0.39, 0.29) is 24.8 Å². The molecule has 0 spiro atoms. The van der Waals surface area contributed by atoms with E-state index >= 15 is 0 Å². The lowest BCUT2D eigenvalue weighted by atomic mass is 9.89. The summed E-state index contributed by atoms with van der Waals surface area (Å²) in [5, 5.41) is 13.2. The molecule has 4 rings (SSSR count). The van der Waals surface area contributed by atoms with Crippen LogP contribution >= 0.6 is 0 Å². The molecule has 3 amide bonds. The number of fused-ring (bicyclic) bond motifs is 1. The van der Waals surface area contributed by atoms with Gasteiger partial charge in [0, 0.05) is 5.56 Å². The second kappa shape index (κ2) is 8.15. The highest BCUT2D eigenvalue weighted by Gasteiger charge is 2.49. The van der Waals surface area contributed by atoms with Crippen molar-refractivity contribution in [3.05, 3.63) is 64.7 Å². The van der Waals surface area contributed by atoms with Crippen molar-refractivity contribution in [1.29, 1.82) is 0 Å². The number of rotatable bonds is 7. The summed E-state index contributed by atoms with van der Waals surface area (Å²) in [6, 6.07) is 12.0. The first-order valence-electron chi connectivity index (χ1n) is 10.5. The van der Waals surface area contributed by atoms with Crippen molar-refractivity contribution in [2.24, 2.45) is 0 Å². The molecule has 1 aliphatic carbocycles. The predicted octanol–water partition coefficient (Wildman–Crippen LogP) is 2.58. The van der Waals surface area contributed by atoms with Crippen LogP contribution in [0.15, 0.2) is 42.5 Å². The number of β-amino-alcohol motifs (C(OH)–C–C–N with tert-alkyl or cyclic N) is 1. The van der Waals surface area contributed by atoms with E-state index in [1.807, 2.05) is 18.2 Å². The Balaban J connectivity index is 1.40. The minimum atomic E-state index is -1.15. The van der Waals surface area contributed by atoms with E-state index < -0.39 is 17.7 Å². The van der Waals surface area contributed by atoms with Gasteiger partial charge in [0.25, 0.3) is 5.91 Å². The molecule has 1 aliphatic heterocycles. The van der Waals surface area contributed by atoms with Crippen LogP contribution in [0, 0.1) is 0 Å². The number of aryl methyl sites for hydroxylation is 2. The van der Waals surface area contributed by atoms with Crippen LogP contribution < -0.4 is 10.1 Å². The van der Waals surface area contributed by atoms with Crippen LogP contribution in [0.1, 0.15) is 47.3 Å². The van der Waals surface area contributed by atoms with Gasteiger partial charge in [0.05, 0.1) is 6.54 Å². The van der Waals surface area contributed by atoms with Gasteiger partial charge in [-0.05, 0) is 74.1 Å². The lowest BCUT2D eigenvalue weighted by Crippen LogP contribution is -2.42. The van der Waals surface area contributed by atoms with Crippen LogP contribution in [-0.2, 0) is 23.2 Å². The van der Waals surface area contributed by atoms with E-state index in [4.69, 9.17) is 4.74 Å². The van der Waals surface area contributed by atoms with E-state index in [9.17, 15) is 19.5 Å². The van der Waals surface area contributed by atoms with Crippen molar-refractivity contribution >= 4 is 17.7 Å². The third-order valence-electron chi connectivity index (χ3n) is 6.05. The van der Waals surface area contributed by atoms with Crippen molar-refractivity contribution < 1.29 is 24.2 Å². The number of nitrogens with zero attached hydrogens (tertiary/aromatic N) is 1. The topological polar surface area (TPSA) is 95.9 Å². The third-order valence-corrected chi connectivity index (χ3v) is 6.05. The van der Waals surface area contributed by atoms with Gasteiger partial charge in [-0.3, -0.25) is 14.5 Å². The van der Waals surface area contributed by atoms with Crippen LogP contribution in [0.4, 0.5) is 4.79 Å². The molecule has 2 N–H and O–H groups in total. The fourth-order valence-corrected chi connectivity index (χ4v) is 4.18. The molecule has 7 nitrogen and oxygen atoms in total. The van der Waals surface area contributed by atoms with Crippen LogP contribution in [-0.4, -0.2) is 47.0 Å². The van der Waals surface area contributed by atoms with E-state index in [2.05, 4.69) is 5.32 Å². The number of benzene rings is 2. The minimum absolute atomic E-state index is 0.0448. The molecule has 2 atom stereocenters. The lowest BCUT2D eigenvalue weighted by molar-refractivity contribution is -0.132. The number of imide groups is 1. The van der Waals surface area contributed by atoms with Crippen molar-refractivity contribution in [1.82, 2.24) is 10.2 Å². The first-order valence-corrected chi connectivity index (χ1v) is 10.5. The number of Topliss-reactive ketones (excluding diaryl/α,β-unsaturated/α-hetero) is 1. The zero-order chi connectivity index (χ0) is 22.2. The highest BCUT2D eigenvalue weighted by atomic mass is 16.5. The van der Waals surface area contributed by atoms with E-state index in [1.165, 1.54) is 18.1 Å². The molecule has 162 valence electrons. The maximum absolute atomic E-state index is 13.1. The highest BCUT2D eigenvalue weighted by Crippen LogP contribution is 2.32. The number of ketones is 1. The minimum Gasteiger partial charge on any atom is -0.491 e. The molecule has 0 bridgehead atoms. The number of nitrogens with one attached hydrogen (secondary N) is 1. The smallest absolute Gasteiger partial charge is 0.325 e. The first kappa shape index (κ1) is 21.1. The second-order valence-electron chi connectivity index (χ2n) is 8.35. The monoisotopic (exact) mass is 422 g/mol.